The number of hydrogen-bond donors (Lipinski definition) is 3. The first-order chi connectivity index (χ1) is 16.0. The number of piperidine rings is 1. The first-order valence-corrected chi connectivity index (χ1v) is 10.4. The molecule has 1 fully saturated rings. The second-order valence-electron chi connectivity index (χ2n) is 8.07. The number of aromatic nitrogens is 1. The van der Waals surface area contributed by atoms with Crippen LogP contribution < -0.4 is 10.6 Å². The minimum Gasteiger partial charge on any atom is -0.494 e. The molecule has 3 aromatic rings. The summed E-state index contributed by atoms with van der Waals surface area (Å²) in [7, 11) is 1.48. The molecule has 0 radical (unpaired) electrons. The first-order valence-electron chi connectivity index (χ1n) is 10.4. The number of hydrogen-bond acceptors (Lipinski definition) is 4. The predicted octanol–water partition coefficient (Wildman–Crippen LogP) is 4.01. The summed E-state index contributed by atoms with van der Waals surface area (Å²) in [4.78, 5) is 37.6. The third-order valence-electron chi connectivity index (χ3n) is 5.69. The smallest absolute Gasteiger partial charge is 0.416 e. The fraction of sp³-hybridized carbons (Fsp3) is 0.261. The van der Waals surface area contributed by atoms with E-state index >= 15 is 0 Å². The molecule has 1 atom stereocenters. The number of imide groups is 1. The number of alkyl halides is 3. The van der Waals surface area contributed by atoms with E-state index in [0.717, 1.165) is 12.1 Å². The minimum atomic E-state index is -4.53. The van der Waals surface area contributed by atoms with E-state index in [0.29, 0.717) is 16.3 Å². The maximum atomic E-state index is 12.9. The molecule has 4 rings (SSSR count). The molecule has 1 saturated heterocycles. The van der Waals surface area contributed by atoms with E-state index in [1.165, 1.54) is 28.6 Å². The van der Waals surface area contributed by atoms with E-state index in [2.05, 4.69) is 10.6 Å². The van der Waals surface area contributed by atoms with Gasteiger partial charge in [-0.2, -0.15) is 13.2 Å². The molecular formula is C23H21F3N4O4. The number of carbonyl (C=O) groups is 3. The number of amides is 4. The van der Waals surface area contributed by atoms with Crippen molar-refractivity contribution in [3.05, 3.63) is 59.8 Å². The molecule has 178 valence electrons. The van der Waals surface area contributed by atoms with Gasteiger partial charge in [-0.3, -0.25) is 14.9 Å². The van der Waals surface area contributed by atoms with Gasteiger partial charge < -0.3 is 19.9 Å². The summed E-state index contributed by atoms with van der Waals surface area (Å²) >= 11 is 0. The number of rotatable bonds is 4. The average Bonchev–Trinajstić information content (AvgIpc) is 3.11. The summed E-state index contributed by atoms with van der Waals surface area (Å²) in [6.45, 7) is 0.0843. The SMILES string of the molecule is CN(Cc1cccc2c(O)n(C3CCC(=O)NC3=O)cc12)C(=O)Nc1cccc(C(F)(F)F)c1. The molecule has 0 saturated carbocycles. The van der Waals surface area contributed by atoms with Gasteiger partial charge in [0.2, 0.25) is 11.8 Å². The van der Waals surface area contributed by atoms with Crippen LogP contribution in [-0.2, 0) is 22.3 Å². The standard InChI is InChI=1S/C23H21F3N4O4/c1-29(22(34)27-15-6-3-5-14(10-15)23(24,25)26)11-13-4-2-7-16-17(13)12-30(21(16)33)18-8-9-19(31)28-20(18)32/h2-7,10,12,18,33H,8-9,11H2,1H3,(H,27,34)(H,28,31,32). The Labute approximate surface area is 192 Å². The molecule has 3 N–H and O–H groups in total. The Hall–Kier alpha value is -4.02. The average molecular weight is 474 g/mol. The molecule has 1 aliphatic heterocycles. The Balaban J connectivity index is 1.54. The summed E-state index contributed by atoms with van der Waals surface area (Å²) in [6.07, 6.45) is -2.54. The highest BCUT2D eigenvalue weighted by molar-refractivity contribution is 6.00. The Bertz CT molecular complexity index is 1280. The molecular weight excluding hydrogens is 453 g/mol. The molecule has 4 amide bonds. The van der Waals surface area contributed by atoms with E-state index in [-0.39, 0.29) is 36.9 Å². The van der Waals surface area contributed by atoms with E-state index in [9.17, 15) is 32.7 Å². The molecule has 8 nitrogen and oxygen atoms in total. The van der Waals surface area contributed by atoms with E-state index < -0.39 is 29.7 Å². The summed E-state index contributed by atoms with van der Waals surface area (Å²) in [5, 5.41) is 16.5. The maximum Gasteiger partial charge on any atom is 0.416 e. The van der Waals surface area contributed by atoms with Crippen molar-refractivity contribution in [1.29, 1.82) is 0 Å². The van der Waals surface area contributed by atoms with E-state index in [1.54, 1.807) is 24.4 Å². The van der Waals surface area contributed by atoms with Crippen molar-refractivity contribution in [3.63, 3.8) is 0 Å². The Morgan fingerprint density at radius 2 is 1.94 bits per heavy atom. The van der Waals surface area contributed by atoms with Crippen LogP contribution in [0.3, 0.4) is 0 Å². The molecule has 0 aliphatic carbocycles. The van der Waals surface area contributed by atoms with E-state index in [4.69, 9.17) is 0 Å². The number of nitrogens with one attached hydrogen (secondary N) is 2. The van der Waals surface area contributed by atoms with Crippen LogP contribution in [0.25, 0.3) is 10.8 Å². The third-order valence-corrected chi connectivity index (χ3v) is 5.69. The second kappa shape index (κ2) is 8.73. The van der Waals surface area contributed by atoms with Gasteiger partial charge in [-0.05, 0) is 36.2 Å². The summed E-state index contributed by atoms with van der Waals surface area (Å²) in [6, 6.07) is 8.06. The van der Waals surface area contributed by atoms with Crippen LogP contribution in [0.4, 0.5) is 23.7 Å². The van der Waals surface area contributed by atoms with Crippen molar-refractivity contribution in [2.45, 2.75) is 31.6 Å². The lowest BCUT2D eigenvalue weighted by molar-refractivity contribution is -0.138. The second-order valence-corrected chi connectivity index (χ2v) is 8.07. The van der Waals surface area contributed by atoms with Crippen LogP contribution in [0.15, 0.2) is 48.7 Å². The lowest BCUT2D eigenvalue weighted by atomic mass is 10.1. The highest BCUT2D eigenvalue weighted by Crippen LogP contribution is 2.35. The van der Waals surface area contributed by atoms with Gasteiger partial charge in [-0.25, -0.2) is 4.79 Å². The number of carbonyl (C=O) groups excluding carboxylic acids is 3. The van der Waals surface area contributed by atoms with Crippen LogP contribution in [-0.4, -0.2) is 39.5 Å². The lowest BCUT2D eigenvalue weighted by Crippen LogP contribution is -2.41. The third kappa shape index (κ3) is 4.54. The topological polar surface area (TPSA) is 104 Å². The van der Waals surface area contributed by atoms with Crippen molar-refractivity contribution in [3.8, 4) is 5.88 Å². The molecule has 1 aromatic heterocycles. The zero-order valence-corrected chi connectivity index (χ0v) is 18.0. The van der Waals surface area contributed by atoms with E-state index in [1.807, 2.05) is 0 Å². The van der Waals surface area contributed by atoms with Gasteiger partial charge in [-0.15, -0.1) is 0 Å². The molecule has 0 spiro atoms. The van der Waals surface area contributed by atoms with Crippen molar-refractivity contribution < 1.29 is 32.7 Å². The van der Waals surface area contributed by atoms with Crippen molar-refractivity contribution >= 4 is 34.3 Å². The fourth-order valence-electron chi connectivity index (χ4n) is 3.94. The summed E-state index contributed by atoms with van der Waals surface area (Å²) in [5.74, 6) is -1.01. The summed E-state index contributed by atoms with van der Waals surface area (Å²) < 4.78 is 40.2. The molecule has 2 aromatic carbocycles. The normalized spacial score (nSPS) is 16.4. The number of fused-ring (bicyclic) bond motifs is 1. The van der Waals surface area contributed by atoms with Crippen LogP contribution in [0.5, 0.6) is 5.88 Å². The fourth-order valence-corrected chi connectivity index (χ4v) is 3.94. The number of anilines is 1. The first kappa shape index (κ1) is 23.1. The molecule has 34 heavy (non-hydrogen) atoms. The Morgan fingerprint density at radius 1 is 1.21 bits per heavy atom. The van der Waals surface area contributed by atoms with Crippen molar-refractivity contribution in [2.75, 3.05) is 12.4 Å². The molecule has 11 heteroatoms. The zero-order valence-electron chi connectivity index (χ0n) is 18.0. The predicted molar refractivity (Wildman–Crippen MR) is 117 cm³/mol. The molecule has 1 aliphatic rings. The quantitative estimate of drug-likeness (QED) is 0.497. The highest BCUT2D eigenvalue weighted by atomic mass is 19.4. The van der Waals surface area contributed by atoms with Gasteiger partial charge in [0.15, 0.2) is 5.88 Å². The largest absolute Gasteiger partial charge is 0.494 e. The molecule has 2 heterocycles. The number of halogens is 3. The number of benzene rings is 2. The van der Waals surface area contributed by atoms with Crippen LogP contribution in [0, 0.1) is 0 Å². The van der Waals surface area contributed by atoms with Gasteiger partial charge in [0, 0.05) is 42.7 Å². The van der Waals surface area contributed by atoms with Crippen LogP contribution in [0.1, 0.15) is 30.0 Å². The molecule has 1 unspecified atom stereocenters. The number of urea groups is 1. The molecule has 0 bridgehead atoms. The summed E-state index contributed by atoms with van der Waals surface area (Å²) in [5.41, 5.74) is -0.213. The highest BCUT2D eigenvalue weighted by Gasteiger charge is 2.31. The van der Waals surface area contributed by atoms with Crippen molar-refractivity contribution in [2.24, 2.45) is 0 Å². The van der Waals surface area contributed by atoms with Crippen LogP contribution >= 0.6 is 0 Å². The van der Waals surface area contributed by atoms with Gasteiger partial charge in [-0.1, -0.05) is 18.2 Å². The van der Waals surface area contributed by atoms with Gasteiger partial charge in [0.05, 0.1) is 5.56 Å². The maximum absolute atomic E-state index is 12.9. The lowest BCUT2D eigenvalue weighted by Gasteiger charge is -2.22. The Morgan fingerprint density at radius 3 is 2.65 bits per heavy atom. The minimum absolute atomic E-state index is 0.00605. The number of aromatic hydroxyl groups is 1. The number of nitrogens with zero attached hydrogens (tertiary/aromatic N) is 2. The van der Waals surface area contributed by atoms with Gasteiger partial charge in [0.25, 0.3) is 0 Å². The van der Waals surface area contributed by atoms with Gasteiger partial charge >= 0.3 is 12.2 Å². The zero-order chi connectivity index (χ0) is 24.6. The monoisotopic (exact) mass is 474 g/mol. The van der Waals surface area contributed by atoms with Crippen molar-refractivity contribution in [1.82, 2.24) is 14.8 Å². The van der Waals surface area contributed by atoms with Crippen LogP contribution in [0.2, 0.25) is 0 Å². The Kier molecular flexibility index (Phi) is 5.94. The van der Waals surface area contributed by atoms with Gasteiger partial charge in [0.1, 0.15) is 6.04 Å².